The van der Waals surface area contributed by atoms with Gasteiger partial charge < -0.3 is 14.2 Å². The average Bonchev–Trinajstić information content (AvgIpc) is 3.15. The predicted molar refractivity (Wildman–Crippen MR) is 107 cm³/mol. The van der Waals surface area contributed by atoms with Gasteiger partial charge >= 0.3 is 0 Å². The van der Waals surface area contributed by atoms with Crippen molar-refractivity contribution in [2.45, 2.75) is 17.8 Å². The Morgan fingerprint density at radius 1 is 1.00 bits per heavy atom. The van der Waals surface area contributed by atoms with Gasteiger partial charge in [-0.25, -0.2) is 4.98 Å². The van der Waals surface area contributed by atoms with E-state index in [1.54, 1.807) is 39.5 Å². The van der Waals surface area contributed by atoms with Crippen LogP contribution in [0.3, 0.4) is 0 Å². The van der Waals surface area contributed by atoms with Gasteiger partial charge in [0.25, 0.3) is 0 Å². The number of rotatable bonds is 7. The molecule has 0 radical (unpaired) electrons. The standard InChI is InChI=1S/C19H20ClN3O3S/c1-11-7-16(25-3)17(26-4)8-12(11)10-27-19-21-18(22-23-19)14-9-13(20)5-6-15(14)24-2/h5-9H,10H2,1-4H3,(H,21,22,23). The summed E-state index contributed by atoms with van der Waals surface area (Å²) in [4.78, 5) is 4.55. The van der Waals surface area contributed by atoms with E-state index in [-0.39, 0.29) is 0 Å². The van der Waals surface area contributed by atoms with E-state index in [9.17, 15) is 0 Å². The molecule has 0 fully saturated rings. The van der Waals surface area contributed by atoms with Crippen molar-refractivity contribution in [3.63, 3.8) is 0 Å². The van der Waals surface area contributed by atoms with Gasteiger partial charge in [-0.05, 0) is 48.4 Å². The quantitative estimate of drug-likeness (QED) is 0.572. The maximum Gasteiger partial charge on any atom is 0.209 e. The van der Waals surface area contributed by atoms with E-state index < -0.39 is 0 Å². The minimum Gasteiger partial charge on any atom is -0.496 e. The number of aryl methyl sites for hydroxylation is 1. The van der Waals surface area contributed by atoms with Crippen LogP contribution in [0.4, 0.5) is 0 Å². The lowest BCUT2D eigenvalue weighted by Gasteiger charge is -2.12. The highest BCUT2D eigenvalue weighted by molar-refractivity contribution is 7.98. The summed E-state index contributed by atoms with van der Waals surface area (Å²) >= 11 is 7.63. The van der Waals surface area contributed by atoms with Crippen molar-refractivity contribution >= 4 is 23.4 Å². The smallest absolute Gasteiger partial charge is 0.209 e. The van der Waals surface area contributed by atoms with Crippen molar-refractivity contribution in [1.82, 2.24) is 15.2 Å². The highest BCUT2D eigenvalue weighted by atomic mass is 35.5. The Kier molecular flexibility index (Phi) is 6.13. The van der Waals surface area contributed by atoms with Gasteiger partial charge in [0.05, 0.1) is 26.9 Å². The number of thioether (sulfide) groups is 1. The zero-order valence-electron chi connectivity index (χ0n) is 15.5. The Balaban J connectivity index is 1.79. The molecule has 3 rings (SSSR count). The van der Waals surface area contributed by atoms with E-state index in [1.165, 1.54) is 11.8 Å². The van der Waals surface area contributed by atoms with Crippen LogP contribution < -0.4 is 14.2 Å². The number of halogens is 1. The first kappa shape index (κ1) is 19.4. The molecule has 6 nitrogen and oxygen atoms in total. The average molecular weight is 406 g/mol. The van der Waals surface area contributed by atoms with Crippen LogP contribution in [0.2, 0.25) is 5.02 Å². The third-order valence-electron chi connectivity index (χ3n) is 4.08. The lowest BCUT2D eigenvalue weighted by atomic mass is 10.1. The number of nitrogens with zero attached hydrogens (tertiary/aromatic N) is 2. The number of aromatic nitrogens is 3. The Labute approximate surface area is 167 Å². The van der Waals surface area contributed by atoms with Gasteiger partial charge in [0.2, 0.25) is 5.16 Å². The highest BCUT2D eigenvalue weighted by Gasteiger charge is 2.14. The Bertz CT molecular complexity index is 946. The van der Waals surface area contributed by atoms with Gasteiger partial charge in [-0.15, -0.1) is 5.10 Å². The van der Waals surface area contributed by atoms with Gasteiger partial charge in [-0.2, -0.15) is 0 Å². The number of hydrogen-bond acceptors (Lipinski definition) is 6. The molecule has 0 saturated carbocycles. The summed E-state index contributed by atoms with van der Waals surface area (Å²) in [5.41, 5.74) is 3.02. The molecule has 8 heteroatoms. The second-order valence-corrected chi connectivity index (χ2v) is 7.11. The predicted octanol–water partition coefficient (Wildman–Crippen LogP) is 4.75. The number of aromatic amines is 1. The first-order chi connectivity index (χ1) is 13.0. The van der Waals surface area contributed by atoms with Crippen LogP contribution >= 0.6 is 23.4 Å². The summed E-state index contributed by atoms with van der Waals surface area (Å²) in [6, 6.07) is 9.33. The number of ether oxygens (including phenoxy) is 3. The fourth-order valence-corrected chi connectivity index (χ4v) is 3.65. The Hall–Kier alpha value is -2.38. The summed E-state index contributed by atoms with van der Waals surface area (Å²) < 4.78 is 16.1. The lowest BCUT2D eigenvalue weighted by Crippen LogP contribution is -1.95. The molecule has 1 aromatic heterocycles. The second kappa shape index (κ2) is 8.54. The fourth-order valence-electron chi connectivity index (χ4n) is 2.62. The molecule has 3 aromatic rings. The van der Waals surface area contributed by atoms with E-state index in [4.69, 9.17) is 25.8 Å². The first-order valence-corrected chi connectivity index (χ1v) is 9.52. The van der Waals surface area contributed by atoms with Gasteiger partial charge in [0.1, 0.15) is 5.75 Å². The van der Waals surface area contributed by atoms with E-state index in [0.717, 1.165) is 22.4 Å². The maximum atomic E-state index is 6.10. The number of hydrogen-bond donors (Lipinski definition) is 1. The molecular weight excluding hydrogens is 386 g/mol. The topological polar surface area (TPSA) is 69.3 Å². The minimum absolute atomic E-state index is 0.609. The normalized spacial score (nSPS) is 10.7. The monoisotopic (exact) mass is 405 g/mol. The number of benzene rings is 2. The fraction of sp³-hybridized carbons (Fsp3) is 0.263. The zero-order valence-corrected chi connectivity index (χ0v) is 17.1. The van der Waals surface area contributed by atoms with Gasteiger partial charge in [0.15, 0.2) is 17.3 Å². The van der Waals surface area contributed by atoms with Crippen LogP contribution in [0.25, 0.3) is 11.4 Å². The summed E-state index contributed by atoms with van der Waals surface area (Å²) in [7, 11) is 4.87. The molecule has 0 bridgehead atoms. The maximum absolute atomic E-state index is 6.10. The van der Waals surface area contributed by atoms with Gasteiger partial charge in [-0.3, -0.25) is 5.10 Å². The van der Waals surface area contributed by atoms with Crippen LogP contribution in [-0.2, 0) is 5.75 Å². The third kappa shape index (κ3) is 4.31. The second-order valence-electron chi connectivity index (χ2n) is 5.73. The molecule has 0 atom stereocenters. The molecule has 1 N–H and O–H groups in total. The number of methoxy groups -OCH3 is 3. The van der Waals surface area contributed by atoms with E-state index >= 15 is 0 Å². The van der Waals surface area contributed by atoms with E-state index in [1.807, 2.05) is 19.1 Å². The number of H-pyrrole nitrogens is 1. The van der Waals surface area contributed by atoms with Crippen molar-refractivity contribution in [2.24, 2.45) is 0 Å². The molecule has 0 aliphatic carbocycles. The van der Waals surface area contributed by atoms with Crippen LogP contribution in [0.5, 0.6) is 17.2 Å². The first-order valence-electron chi connectivity index (χ1n) is 8.16. The molecule has 0 amide bonds. The molecule has 0 unspecified atom stereocenters. The summed E-state index contributed by atoms with van der Waals surface area (Å²) in [6.45, 7) is 2.04. The van der Waals surface area contributed by atoms with Gasteiger partial charge in [0, 0.05) is 10.8 Å². The molecule has 0 aliphatic rings. The molecule has 0 saturated heterocycles. The van der Waals surface area contributed by atoms with E-state index in [2.05, 4.69) is 15.2 Å². The molecule has 27 heavy (non-hydrogen) atoms. The van der Waals surface area contributed by atoms with Gasteiger partial charge in [-0.1, -0.05) is 23.4 Å². The summed E-state index contributed by atoms with van der Waals surface area (Å²) in [5, 5.41) is 8.49. The molecular formula is C19H20ClN3O3S. The Morgan fingerprint density at radius 2 is 1.70 bits per heavy atom. The minimum atomic E-state index is 0.609. The third-order valence-corrected chi connectivity index (χ3v) is 5.21. The summed E-state index contributed by atoms with van der Waals surface area (Å²) in [6.07, 6.45) is 0. The largest absolute Gasteiger partial charge is 0.496 e. The van der Waals surface area contributed by atoms with Crippen LogP contribution in [0, 0.1) is 6.92 Å². The summed E-state index contributed by atoms with van der Waals surface area (Å²) in [5.74, 6) is 3.43. The number of nitrogens with one attached hydrogen (secondary N) is 1. The zero-order chi connectivity index (χ0) is 19.4. The SMILES string of the molecule is COc1cc(C)c(CSc2n[nH]c(-c3cc(Cl)ccc3OC)n2)cc1OC. The highest BCUT2D eigenvalue weighted by Crippen LogP contribution is 2.34. The molecule has 142 valence electrons. The van der Waals surface area contributed by atoms with Crippen molar-refractivity contribution in [3.05, 3.63) is 46.5 Å². The van der Waals surface area contributed by atoms with Crippen molar-refractivity contribution in [3.8, 4) is 28.6 Å². The molecule has 0 spiro atoms. The van der Waals surface area contributed by atoms with Crippen molar-refractivity contribution < 1.29 is 14.2 Å². The van der Waals surface area contributed by atoms with Crippen molar-refractivity contribution in [1.29, 1.82) is 0 Å². The Morgan fingerprint density at radius 3 is 2.41 bits per heavy atom. The van der Waals surface area contributed by atoms with E-state index in [0.29, 0.717) is 33.3 Å². The van der Waals surface area contributed by atoms with Crippen molar-refractivity contribution in [2.75, 3.05) is 21.3 Å². The van der Waals surface area contributed by atoms with Crippen LogP contribution in [0.15, 0.2) is 35.5 Å². The molecule has 0 aliphatic heterocycles. The van der Waals surface area contributed by atoms with Crippen LogP contribution in [0.1, 0.15) is 11.1 Å². The molecule has 2 aromatic carbocycles. The molecule has 1 heterocycles. The van der Waals surface area contributed by atoms with Crippen LogP contribution in [-0.4, -0.2) is 36.5 Å². The lowest BCUT2D eigenvalue weighted by molar-refractivity contribution is 0.354.